The summed E-state index contributed by atoms with van der Waals surface area (Å²) in [4.78, 5) is 0. The van der Waals surface area contributed by atoms with E-state index in [-0.39, 0.29) is 0 Å². The van der Waals surface area contributed by atoms with Crippen LogP contribution >= 0.6 is 11.6 Å². The normalized spacial score (nSPS) is 10.4. The van der Waals surface area contributed by atoms with Crippen LogP contribution in [0.25, 0.3) is 17.0 Å². The molecule has 0 saturated carbocycles. The van der Waals surface area contributed by atoms with Crippen LogP contribution in [0, 0.1) is 11.3 Å². The Morgan fingerprint density at radius 2 is 2.06 bits per heavy atom. The fourth-order valence-electron chi connectivity index (χ4n) is 1.78. The molecule has 0 radical (unpaired) electrons. The summed E-state index contributed by atoms with van der Waals surface area (Å²) in [6.45, 7) is 0. The van der Waals surface area contributed by atoms with Gasteiger partial charge < -0.3 is 0 Å². The van der Waals surface area contributed by atoms with Crippen LogP contribution in [-0.4, -0.2) is 14.6 Å². The average Bonchev–Trinajstić information content (AvgIpc) is 2.81. The van der Waals surface area contributed by atoms with Gasteiger partial charge in [0.25, 0.3) is 0 Å². The lowest BCUT2D eigenvalue weighted by Gasteiger charge is -2.00. The van der Waals surface area contributed by atoms with Crippen molar-refractivity contribution < 1.29 is 0 Å². The summed E-state index contributed by atoms with van der Waals surface area (Å²) < 4.78 is 1.78. The molecule has 0 spiro atoms. The Balaban J connectivity index is 2.27. The highest BCUT2D eigenvalue weighted by molar-refractivity contribution is 6.30. The lowest BCUT2D eigenvalue weighted by atomic mass is 10.2. The van der Waals surface area contributed by atoms with Gasteiger partial charge >= 0.3 is 0 Å². The number of hydrogen-bond donors (Lipinski definition) is 0. The molecule has 5 heteroatoms. The van der Waals surface area contributed by atoms with Gasteiger partial charge in [-0.2, -0.15) is 5.26 Å². The van der Waals surface area contributed by atoms with Gasteiger partial charge in [0.05, 0.1) is 5.56 Å². The minimum absolute atomic E-state index is 0.561. The van der Waals surface area contributed by atoms with Gasteiger partial charge in [0, 0.05) is 16.8 Å². The zero-order valence-electron chi connectivity index (χ0n) is 9.21. The number of halogens is 1. The molecule has 0 aliphatic carbocycles. The highest BCUT2D eigenvalue weighted by Gasteiger charge is 2.08. The number of aromatic nitrogens is 3. The molecular formula is C13H7ClN4. The van der Waals surface area contributed by atoms with Crippen molar-refractivity contribution >= 4 is 17.2 Å². The third-order valence-corrected chi connectivity index (χ3v) is 2.85. The zero-order valence-corrected chi connectivity index (χ0v) is 9.96. The van der Waals surface area contributed by atoms with Gasteiger partial charge in [0.2, 0.25) is 0 Å². The molecule has 0 N–H and O–H groups in total. The molecule has 0 fully saturated rings. The summed E-state index contributed by atoms with van der Waals surface area (Å²) in [6.07, 6.45) is 1.71. The molecule has 0 atom stereocenters. The van der Waals surface area contributed by atoms with E-state index in [1.807, 2.05) is 18.2 Å². The Bertz CT molecular complexity index is 770. The second-order valence-electron chi connectivity index (χ2n) is 3.79. The first-order chi connectivity index (χ1) is 8.78. The molecule has 0 bridgehead atoms. The van der Waals surface area contributed by atoms with Gasteiger partial charge in [-0.1, -0.05) is 23.7 Å². The van der Waals surface area contributed by atoms with Crippen molar-refractivity contribution in [3.63, 3.8) is 0 Å². The Morgan fingerprint density at radius 1 is 1.17 bits per heavy atom. The SMILES string of the molecule is N#Cc1ccc2nnc(-c3cccc(Cl)c3)n2c1. The molecule has 2 aromatic heterocycles. The van der Waals surface area contributed by atoms with E-state index < -0.39 is 0 Å². The number of benzene rings is 1. The highest BCUT2D eigenvalue weighted by atomic mass is 35.5. The van der Waals surface area contributed by atoms with Crippen LogP contribution in [0.5, 0.6) is 0 Å². The highest BCUT2D eigenvalue weighted by Crippen LogP contribution is 2.21. The van der Waals surface area contributed by atoms with Gasteiger partial charge in [0.15, 0.2) is 11.5 Å². The van der Waals surface area contributed by atoms with E-state index in [9.17, 15) is 0 Å². The number of nitriles is 1. The molecule has 0 unspecified atom stereocenters. The van der Waals surface area contributed by atoms with Crippen molar-refractivity contribution in [1.29, 1.82) is 5.26 Å². The minimum Gasteiger partial charge on any atom is -0.281 e. The Kier molecular flexibility index (Phi) is 2.47. The van der Waals surface area contributed by atoms with Gasteiger partial charge in [-0.25, -0.2) is 0 Å². The lowest BCUT2D eigenvalue weighted by molar-refractivity contribution is 1.11. The first-order valence-electron chi connectivity index (χ1n) is 5.29. The van der Waals surface area contributed by atoms with Crippen molar-refractivity contribution in [3.8, 4) is 17.5 Å². The van der Waals surface area contributed by atoms with Crippen LogP contribution in [0.4, 0.5) is 0 Å². The van der Waals surface area contributed by atoms with E-state index in [0.29, 0.717) is 22.1 Å². The monoisotopic (exact) mass is 254 g/mol. The minimum atomic E-state index is 0.561. The molecule has 2 heterocycles. The van der Waals surface area contributed by atoms with Crippen LogP contribution in [0.3, 0.4) is 0 Å². The van der Waals surface area contributed by atoms with Crippen LogP contribution in [0.15, 0.2) is 42.6 Å². The molecule has 0 aliphatic rings. The van der Waals surface area contributed by atoms with E-state index in [1.165, 1.54) is 0 Å². The van der Waals surface area contributed by atoms with Gasteiger partial charge in [0.1, 0.15) is 6.07 Å². The number of pyridine rings is 1. The fourth-order valence-corrected chi connectivity index (χ4v) is 1.97. The van der Waals surface area contributed by atoms with Crippen LogP contribution in [0.2, 0.25) is 5.02 Å². The standard InChI is InChI=1S/C13H7ClN4/c14-11-3-1-2-10(6-11)13-17-16-12-5-4-9(7-15)8-18(12)13/h1-6,8H. The van der Waals surface area contributed by atoms with E-state index >= 15 is 0 Å². The van der Waals surface area contributed by atoms with Crippen LogP contribution in [0.1, 0.15) is 5.56 Å². The largest absolute Gasteiger partial charge is 0.281 e. The maximum absolute atomic E-state index is 8.91. The van der Waals surface area contributed by atoms with Crippen molar-refractivity contribution in [2.45, 2.75) is 0 Å². The quantitative estimate of drug-likeness (QED) is 0.671. The van der Waals surface area contributed by atoms with Crippen LogP contribution < -0.4 is 0 Å². The first kappa shape index (κ1) is 10.8. The molecule has 3 rings (SSSR count). The maximum Gasteiger partial charge on any atom is 0.168 e. The second kappa shape index (κ2) is 4.13. The summed E-state index contributed by atoms with van der Waals surface area (Å²) in [7, 11) is 0. The van der Waals surface area contributed by atoms with E-state index in [1.54, 1.807) is 28.8 Å². The Hall–Kier alpha value is -2.38. The predicted molar refractivity (Wildman–Crippen MR) is 68.1 cm³/mol. The molecule has 4 nitrogen and oxygen atoms in total. The van der Waals surface area contributed by atoms with Crippen molar-refractivity contribution in [1.82, 2.24) is 14.6 Å². The topological polar surface area (TPSA) is 54.0 Å². The Morgan fingerprint density at radius 3 is 2.83 bits per heavy atom. The number of nitrogens with zero attached hydrogens (tertiary/aromatic N) is 4. The molecule has 0 saturated heterocycles. The summed E-state index contributed by atoms with van der Waals surface area (Å²) in [5, 5.41) is 17.7. The Labute approximate surface area is 108 Å². The van der Waals surface area contributed by atoms with Crippen molar-refractivity contribution in [2.75, 3.05) is 0 Å². The number of fused-ring (bicyclic) bond motifs is 1. The average molecular weight is 255 g/mol. The zero-order chi connectivity index (χ0) is 12.5. The van der Waals surface area contributed by atoms with Gasteiger partial charge in [-0.05, 0) is 24.3 Å². The second-order valence-corrected chi connectivity index (χ2v) is 4.23. The predicted octanol–water partition coefficient (Wildman–Crippen LogP) is 2.92. The van der Waals surface area contributed by atoms with Crippen LogP contribution in [-0.2, 0) is 0 Å². The van der Waals surface area contributed by atoms with Gasteiger partial charge in [-0.15, -0.1) is 10.2 Å². The van der Waals surface area contributed by atoms with E-state index in [0.717, 1.165) is 5.56 Å². The summed E-state index contributed by atoms with van der Waals surface area (Å²) in [5.41, 5.74) is 2.12. The molecule has 3 aromatic rings. The third kappa shape index (κ3) is 1.71. The van der Waals surface area contributed by atoms with Crippen molar-refractivity contribution in [2.24, 2.45) is 0 Å². The number of hydrogen-bond acceptors (Lipinski definition) is 3. The molecular weight excluding hydrogens is 248 g/mol. The first-order valence-corrected chi connectivity index (χ1v) is 5.66. The third-order valence-electron chi connectivity index (χ3n) is 2.61. The lowest BCUT2D eigenvalue weighted by Crippen LogP contribution is -1.90. The smallest absolute Gasteiger partial charge is 0.168 e. The maximum atomic E-state index is 8.91. The number of rotatable bonds is 1. The van der Waals surface area contributed by atoms with Gasteiger partial charge in [-0.3, -0.25) is 4.40 Å². The summed E-state index contributed by atoms with van der Waals surface area (Å²) in [6, 6.07) is 12.9. The molecule has 1 aromatic carbocycles. The van der Waals surface area contributed by atoms with E-state index in [2.05, 4.69) is 16.3 Å². The summed E-state index contributed by atoms with van der Waals surface area (Å²) in [5.74, 6) is 0.671. The molecule has 0 amide bonds. The summed E-state index contributed by atoms with van der Waals surface area (Å²) >= 11 is 5.96. The van der Waals surface area contributed by atoms with E-state index in [4.69, 9.17) is 16.9 Å². The molecule has 18 heavy (non-hydrogen) atoms. The molecule has 0 aliphatic heterocycles. The molecule has 86 valence electrons. The van der Waals surface area contributed by atoms with Crippen molar-refractivity contribution in [3.05, 3.63) is 53.2 Å². The fraction of sp³-hybridized carbons (Fsp3) is 0.